The van der Waals surface area contributed by atoms with E-state index in [1.54, 1.807) is 32.2 Å². The fourth-order valence-electron chi connectivity index (χ4n) is 7.60. The summed E-state index contributed by atoms with van der Waals surface area (Å²) >= 11 is 1.46. The van der Waals surface area contributed by atoms with Gasteiger partial charge in [0, 0.05) is 41.3 Å². The Hall–Kier alpha value is -4.24. The first kappa shape index (κ1) is 42.4. The lowest BCUT2D eigenvalue weighted by Crippen LogP contribution is -2.58. The molecule has 0 radical (unpaired) electrons. The van der Waals surface area contributed by atoms with Gasteiger partial charge >= 0.3 is 13.7 Å². The maximum Gasteiger partial charge on any atom is 0.408 e. The molecule has 15 nitrogen and oxygen atoms in total. The number of methoxy groups -OCH3 is 1. The van der Waals surface area contributed by atoms with Crippen molar-refractivity contribution in [2.45, 2.75) is 116 Å². The van der Waals surface area contributed by atoms with Gasteiger partial charge in [-0.05, 0) is 70.4 Å². The first-order chi connectivity index (χ1) is 27.0. The van der Waals surface area contributed by atoms with Gasteiger partial charge in [0.2, 0.25) is 11.8 Å². The van der Waals surface area contributed by atoms with Gasteiger partial charge in [-0.3, -0.25) is 14.2 Å². The second-order valence-electron chi connectivity index (χ2n) is 16.4. The Labute approximate surface area is 337 Å². The van der Waals surface area contributed by atoms with Crippen molar-refractivity contribution < 1.29 is 42.6 Å². The number of likely N-dealkylation sites (tertiary alicyclic amines) is 1. The zero-order chi connectivity index (χ0) is 41.3. The molecule has 0 spiro atoms. The average molecular weight is 827 g/mol. The molecule has 1 aliphatic heterocycles. The standard InChI is InChI=1S/C40H55N6O9PS/c1-9-24-20-40(24,56(50,51)53-10-2)45-35(47)32-18-27(21-46(32)36(48)34(39(5,6)7)44-38(49)55-25-13-11-12-14-25)54-33-19-30(31-22-57-37(43-31)41-23(3)4)42-29-17-26(52-8)15-16-28(29)33/h9,15-17,19,22-25,27,32,34H,1,10-14,18,20-21H2,2-8H3,(H,41,43)(H,44,49)(H,45,47)(H,50,51)/t24?,27?,32-,34+,40-/m0/s1. The third kappa shape index (κ3) is 9.24. The minimum atomic E-state index is -4.36. The van der Waals surface area contributed by atoms with Gasteiger partial charge in [-0.15, -0.1) is 17.9 Å². The zero-order valence-electron chi connectivity index (χ0n) is 33.7. The lowest BCUT2D eigenvalue weighted by molar-refractivity contribution is -0.142. The molecule has 2 saturated carbocycles. The molecule has 3 unspecified atom stereocenters. The van der Waals surface area contributed by atoms with Crippen LogP contribution in [-0.2, 0) is 23.4 Å². The van der Waals surface area contributed by atoms with E-state index in [0.29, 0.717) is 33.8 Å². The second kappa shape index (κ2) is 16.9. The van der Waals surface area contributed by atoms with Gasteiger partial charge in [0.05, 0.1) is 31.5 Å². The van der Waals surface area contributed by atoms with Gasteiger partial charge in [0.15, 0.2) is 5.13 Å². The molecule has 1 saturated heterocycles. The van der Waals surface area contributed by atoms with Crippen LogP contribution < -0.4 is 25.4 Å². The number of thiazole rings is 1. The summed E-state index contributed by atoms with van der Waals surface area (Å²) in [6, 6.07) is 5.19. The molecule has 3 aliphatic rings. The molecule has 6 rings (SSSR count). The minimum absolute atomic E-state index is 0.0303. The predicted molar refractivity (Wildman–Crippen MR) is 218 cm³/mol. The van der Waals surface area contributed by atoms with Crippen molar-refractivity contribution in [1.82, 2.24) is 25.5 Å². The molecule has 310 valence electrons. The first-order valence-electron chi connectivity index (χ1n) is 19.6. The Kier molecular flexibility index (Phi) is 12.6. The van der Waals surface area contributed by atoms with Crippen molar-refractivity contribution in [3.8, 4) is 22.9 Å². The van der Waals surface area contributed by atoms with E-state index >= 15 is 0 Å². The number of amides is 3. The Balaban J connectivity index is 1.34. The number of nitrogens with one attached hydrogen (secondary N) is 3. The van der Waals surface area contributed by atoms with Crippen LogP contribution in [0.1, 0.15) is 80.1 Å². The highest BCUT2D eigenvalue weighted by atomic mass is 32.1. The Morgan fingerprint density at radius 1 is 1.14 bits per heavy atom. The number of hydrogen-bond acceptors (Lipinski definition) is 12. The third-order valence-electron chi connectivity index (χ3n) is 10.7. The van der Waals surface area contributed by atoms with Crippen molar-refractivity contribution >= 4 is 52.9 Å². The Morgan fingerprint density at radius 2 is 1.88 bits per heavy atom. The molecule has 3 amide bonds. The number of nitrogens with zero attached hydrogens (tertiary/aromatic N) is 3. The smallest absolute Gasteiger partial charge is 0.408 e. The van der Waals surface area contributed by atoms with Crippen LogP contribution in [0.15, 0.2) is 42.3 Å². The van der Waals surface area contributed by atoms with E-state index in [1.165, 1.54) is 22.3 Å². The van der Waals surface area contributed by atoms with E-state index in [-0.39, 0.29) is 38.1 Å². The van der Waals surface area contributed by atoms with E-state index in [2.05, 4.69) is 22.5 Å². The second-order valence-corrected chi connectivity index (χ2v) is 19.3. The number of carbonyl (C=O) groups excluding carboxylic acids is 3. The molecule has 2 aliphatic carbocycles. The molecule has 1 aromatic carbocycles. The van der Waals surface area contributed by atoms with Crippen LogP contribution in [0.2, 0.25) is 0 Å². The number of carbonyl (C=O) groups is 3. The molecule has 3 heterocycles. The molecule has 57 heavy (non-hydrogen) atoms. The van der Waals surface area contributed by atoms with Crippen molar-refractivity contribution in [2.75, 3.05) is 25.6 Å². The van der Waals surface area contributed by atoms with Crippen molar-refractivity contribution in [1.29, 1.82) is 0 Å². The Bertz CT molecular complexity index is 2030. The first-order valence-corrected chi connectivity index (χ1v) is 22.0. The summed E-state index contributed by atoms with van der Waals surface area (Å²) in [6.07, 6.45) is 3.51. The van der Waals surface area contributed by atoms with Crippen LogP contribution in [0, 0.1) is 11.3 Å². The molecular weight excluding hydrogens is 772 g/mol. The number of ether oxygens (including phenoxy) is 3. The highest BCUT2D eigenvalue weighted by molar-refractivity contribution is 7.55. The number of alkyl carbamates (subject to hydrolysis) is 1. The molecule has 3 aromatic rings. The molecule has 2 aromatic heterocycles. The van der Waals surface area contributed by atoms with Crippen molar-refractivity contribution in [2.24, 2.45) is 11.3 Å². The van der Waals surface area contributed by atoms with Crippen molar-refractivity contribution in [3.63, 3.8) is 0 Å². The van der Waals surface area contributed by atoms with E-state index in [4.69, 9.17) is 28.7 Å². The summed E-state index contributed by atoms with van der Waals surface area (Å²) in [5.41, 5.74) is 0.986. The Morgan fingerprint density at radius 3 is 2.51 bits per heavy atom. The largest absolute Gasteiger partial charge is 0.497 e. The number of rotatable bonds is 15. The van der Waals surface area contributed by atoms with E-state index in [1.807, 2.05) is 46.1 Å². The maximum absolute atomic E-state index is 14.7. The topological polar surface area (TPSA) is 191 Å². The van der Waals surface area contributed by atoms with Gasteiger partial charge in [-0.1, -0.05) is 26.8 Å². The van der Waals surface area contributed by atoms with Gasteiger partial charge < -0.3 is 44.5 Å². The summed E-state index contributed by atoms with van der Waals surface area (Å²) in [7, 11) is -2.78. The zero-order valence-corrected chi connectivity index (χ0v) is 35.4. The molecule has 6 atom stereocenters. The van der Waals surface area contributed by atoms with Crippen LogP contribution in [-0.4, -0.2) is 93.5 Å². The minimum Gasteiger partial charge on any atom is -0.497 e. The normalized spacial score (nSPS) is 23.8. The van der Waals surface area contributed by atoms with Gasteiger partial charge in [0.25, 0.3) is 0 Å². The van der Waals surface area contributed by atoms with Crippen molar-refractivity contribution in [3.05, 3.63) is 42.3 Å². The monoisotopic (exact) mass is 826 g/mol. The molecule has 3 fully saturated rings. The van der Waals surface area contributed by atoms with Crippen LogP contribution in [0.4, 0.5) is 9.93 Å². The molecule has 4 N–H and O–H groups in total. The molecular formula is C40H55N6O9PS. The van der Waals surface area contributed by atoms with Gasteiger partial charge in [-0.25, -0.2) is 14.8 Å². The summed E-state index contributed by atoms with van der Waals surface area (Å²) in [4.78, 5) is 64.4. The van der Waals surface area contributed by atoms with Gasteiger partial charge in [0.1, 0.15) is 46.8 Å². The van der Waals surface area contributed by atoms with E-state index in [9.17, 15) is 23.8 Å². The summed E-state index contributed by atoms with van der Waals surface area (Å²) in [5.74, 6) is -0.630. The van der Waals surface area contributed by atoms with Gasteiger partial charge in [-0.2, -0.15) is 0 Å². The predicted octanol–water partition coefficient (Wildman–Crippen LogP) is 6.86. The summed E-state index contributed by atoms with van der Waals surface area (Å²) < 4.78 is 36.7. The average Bonchev–Trinajstić information content (AvgIpc) is 3.55. The number of fused-ring (bicyclic) bond motifs is 1. The van der Waals surface area contributed by atoms with Crippen LogP contribution in [0.3, 0.4) is 0 Å². The number of anilines is 1. The lowest BCUT2D eigenvalue weighted by Gasteiger charge is -2.35. The molecule has 17 heteroatoms. The molecule has 0 bridgehead atoms. The number of hydrogen-bond donors (Lipinski definition) is 4. The quantitative estimate of drug-likeness (QED) is 0.0922. The summed E-state index contributed by atoms with van der Waals surface area (Å²) in [6.45, 7) is 14.8. The number of pyridine rings is 1. The van der Waals surface area contributed by atoms with E-state index in [0.717, 1.165) is 30.8 Å². The van der Waals surface area contributed by atoms with Crippen LogP contribution in [0.5, 0.6) is 11.5 Å². The number of aromatic nitrogens is 2. The lowest BCUT2D eigenvalue weighted by atomic mass is 9.85. The number of benzene rings is 1. The third-order valence-corrected chi connectivity index (χ3v) is 13.7. The van der Waals surface area contributed by atoms with Crippen LogP contribution in [0.25, 0.3) is 22.3 Å². The SMILES string of the molecule is C=CC1C[C@]1(NC(=O)[C@@H]1CC(Oc2cc(-c3csc(NC(C)C)n3)nc3cc(OC)ccc23)CN1C(=O)[C@@H](NC(=O)OC1CCCC1)C(C)(C)C)P(=O)(O)OCC. The maximum atomic E-state index is 14.7. The van der Waals surface area contributed by atoms with E-state index < -0.39 is 60.3 Å². The summed E-state index contributed by atoms with van der Waals surface area (Å²) in [5, 5.41) is 10.7. The highest BCUT2D eigenvalue weighted by Crippen LogP contribution is 2.70. The van der Waals surface area contributed by atoms with Crippen LogP contribution >= 0.6 is 18.9 Å². The highest BCUT2D eigenvalue weighted by Gasteiger charge is 2.67. The fourth-order valence-corrected chi connectivity index (χ4v) is 10.2. The fraction of sp³-hybridized carbons (Fsp3) is 0.575.